The van der Waals surface area contributed by atoms with Crippen LogP contribution in [0.3, 0.4) is 0 Å². The van der Waals surface area contributed by atoms with E-state index in [9.17, 15) is 0 Å². The maximum Gasteiger partial charge on any atom is 0.157 e. The second-order valence-corrected chi connectivity index (χ2v) is 7.19. The second-order valence-electron chi connectivity index (χ2n) is 5.02. The quantitative estimate of drug-likeness (QED) is 0.509. The molecule has 0 bridgehead atoms. The van der Waals surface area contributed by atoms with Crippen molar-refractivity contribution in [3.8, 4) is 5.75 Å². The van der Waals surface area contributed by atoms with Gasteiger partial charge in [-0.05, 0) is 29.8 Å². The van der Waals surface area contributed by atoms with Crippen LogP contribution in [0.4, 0.5) is 0 Å². The summed E-state index contributed by atoms with van der Waals surface area (Å²) in [4.78, 5) is 0. The van der Waals surface area contributed by atoms with Gasteiger partial charge in [-0.1, -0.05) is 68.1 Å². The van der Waals surface area contributed by atoms with Gasteiger partial charge in [0.1, 0.15) is 12.3 Å². The Balaban J connectivity index is 1.65. The van der Waals surface area contributed by atoms with Crippen molar-refractivity contribution in [3.05, 3.63) is 73.4 Å². The maximum absolute atomic E-state index is 6.09. The lowest BCUT2D eigenvalue weighted by Gasteiger charge is -2.08. The Hall–Kier alpha value is -1.27. The van der Waals surface area contributed by atoms with E-state index in [4.69, 9.17) is 39.5 Å². The zero-order valence-corrected chi connectivity index (χ0v) is 16.1. The Morgan fingerprint density at radius 2 is 1.71 bits per heavy atom. The van der Waals surface area contributed by atoms with E-state index in [-0.39, 0.29) is 6.61 Å². The summed E-state index contributed by atoms with van der Waals surface area (Å²) >= 11 is 21.5. The lowest BCUT2D eigenvalue weighted by molar-refractivity contribution is 0.301. The molecule has 4 nitrogen and oxygen atoms in total. The highest BCUT2D eigenvalue weighted by atomic mass is 79.9. The first-order valence-corrected chi connectivity index (χ1v) is 8.85. The van der Waals surface area contributed by atoms with Crippen LogP contribution in [-0.2, 0) is 13.2 Å². The van der Waals surface area contributed by atoms with E-state index in [1.165, 1.54) is 0 Å². The zero-order chi connectivity index (χ0) is 17.1. The molecule has 2 aromatic carbocycles. The van der Waals surface area contributed by atoms with E-state index < -0.39 is 0 Å². The fraction of sp³-hybridized carbons (Fsp3) is 0.125. The first kappa shape index (κ1) is 17.5. The molecule has 24 heavy (non-hydrogen) atoms. The van der Waals surface area contributed by atoms with Crippen LogP contribution in [0.15, 0.2) is 47.1 Å². The van der Waals surface area contributed by atoms with Crippen molar-refractivity contribution in [2.75, 3.05) is 0 Å². The van der Waals surface area contributed by atoms with Crippen LogP contribution in [-0.4, -0.2) is 15.0 Å². The summed E-state index contributed by atoms with van der Waals surface area (Å²) in [7, 11) is 0. The van der Waals surface area contributed by atoms with Crippen molar-refractivity contribution >= 4 is 50.7 Å². The minimum Gasteiger partial charge on any atom is -0.484 e. The molecular formula is C16H11BrCl3N3O. The normalized spacial score (nSPS) is 10.8. The van der Waals surface area contributed by atoms with Crippen LogP contribution in [0.2, 0.25) is 15.1 Å². The standard InChI is InChI=1S/C16H11BrCl3N3O/c17-11-3-1-10(2-4-11)7-23-8-13(21-22-23)9-24-16-14(19)5-12(18)6-15(16)20/h1-6,8H,7,9H2. The molecule has 1 aromatic heterocycles. The predicted octanol–water partition coefficient (Wildman–Crippen LogP) is 5.63. The van der Waals surface area contributed by atoms with Crippen molar-refractivity contribution in [3.63, 3.8) is 0 Å². The molecule has 3 aromatic rings. The number of benzene rings is 2. The molecule has 0 spiro atoms. The summed E-state index contributed by atoms with van der Waals surface area (Å²) in [6.45, 7) is 0.837. The van der Waals surface area contributed by atoms with Gasteiger partial charge in [-0.2, -0.15) is 0 Å². The van der Waals surface area contributed by atoms with Crippen LogP contribution in [0.1, 0.15) is 11.3 Å². The van der Waals surface area contributed by atoms with Crippen LogP contribution in [0.5, 0.6) is 5.75 Å². The Bertz CT molecular complexity index is 829. The fourth-order valence-corrected chi connectivity index (χ4v) is 3.26. The molecule has 0 aliphatic heterocycles. The van der Waals surface area contributed by atoms with E-state index in [1.54, 1.807) is 16.8 Å². The number of ether oxygens (including phenoxy) is 1. The molecule has 3 rings (SSSR count). The Kier molecular flexibility index (Phi) is 5.66. The smallest absolute Gasteiger partial charge is 0.157 e. The van der Waals surface area contributed by atoms with Crippen molar-refractivity contribution in [1.82, 2.24) is 15.0 Å². The van der Waals surface area contributed by atoms with Gasteiger partial charge in [0, 0.05) is 9.50 Å². The van der Waals surface area contributed by atoms with Gasteiger partial charge >= 0.3 is 0 Å². The fourth-order valence-electron chi connectivity index (χ4n) is 2.07. The van der Waals surface area contributed by atoms with Gasteiger partial charge in [0.25, 0.3) is 0 Å². The minimum absolute atomic E-state index is 0.210. The molecule has 0 saturated heterocycles. The Labute approximate surface area is 162 Å². The Morgan fingerprint density at radius 1 is 1.04 bits per heavy atom. The van der Waals surface area contributed by atoms with Crippen molar-refractivity contribution < 1.29 is 4.74 Å². The number of hydrogen-bond donors (Lipinski definition) is 0. The number of rotatable bonds is 5. The average Bonchev–Trinajstić information content (AvgIpc) is 2.96. The number of aromatic nitrogens is 3. The van der Waals surface area contributed by atoms with E-state index in [0.717, 1.165) is 10.0 Å². The molecule has 0 atom stereocenters. The molecule has 8 heteroatoms. The summed E-state index contributed by atoms with van der Waals surface area (Å²) in [6.07, 6.45) is 1.82. The van der Waals surface area contributed by atoms with E-state index >= 15 is 0 Å². The largest absolute Gasteiger partial charge is 0.484 e. The van der Waals surface area contributed by atoms with Gasteiger partial charge in [0.15, 0.2) is 5.75 Å². The molecule has 0 radical (unpaired) electrons. The van der Waals surface area contributed by atoms with Crippen molar-refractivity contribution in [2.24, 2.45) is 0 Å². The second kappa shape index (κ2) is 7.74. The molecule has 0 amide bonds. The molecule has 0 saturated carbocycles. The highest BCUT2D eigenvalue weighted by Gasteiger charge is 2.11. The molecule has 0 aliphatic rings. The topological polar surface area (TPSA) is 39.9 Å². The predicted molar refractivity (Wildman–Crippen MR) is 99.1 cm³/mol. The van der Waals surface area contributed by atoms with Crippen LogP contribution < -0.4 is 4.74 Å². The summed E-state index contributed by atoms with van der Waals surface area (Å²) in [5.41, 5.74) is 1.80. The molecule has 0 unspecified atom stereocenters. The number of nitrogens with zero attached hydrogens (tertiary/aromatic N) is 3. The lowest BCUT2D eigenvalue weighted by atomic mass is 10.2. The summed E-state index contributed by atoms with van der Waals surface area (Å²) in [5.74, 6) is 0.380. The molecular weight excluding hydrogens is 436 g/mol. The molecule has 1 heterocycles. The highest BCUT2D eigenvalue weighted by Crippen LogP contribution is 2.36. The van der Waals surface area contributed by atoms with Gasteiger partial charge < -0.3 is 4.74 Å². The third-order valence-corrected chi connectivity index (χ3v) is 4.48. The summed E-state index contributed by atoms with van der Waals surface area (Å²) in [6, 6.07) is 11.2. The van der Waals surface area contributed by atoms with Gasteiger partial charge in [-0.25, -0.2) is 4.68 Å². The first-order chi connectivity index (χ1) is 11.5. The van der Waals surface area contributed by atoms with E-state index in [0.29, 0.717) is 33.1 Å². The average molecular weight is 448 g/mol. The summed E-state index contributed by atoms with van der Waals surface area (Å²) < 4.78 is 8.42. The third kappa shape index (κ3) is 4.42. The monoisotopic (exact) mass is 445 g/mol. The Morgan fingerprint density at radius 3 is 2.38 bits per heavy atom. The van der Waals surface area contributed by atoms with Crippen molar-refractivity contribution in [2.45, 2.75) is 13.2 Å². The zero-order valence-electron chi connectivity index (χ0n) is 12.2. The molecule has 0 aliphatic carbocycles. The third-order valence-electron chi connectivity index (χ3n) is 3.17. The van der Waals surface area contributed by atoms with Crippen LogP contribution in [0, 0.1) is 0 Å². The summed E-state index contributed by atoms with van der Waals surface area (Å²) in [5, 5.41) is 9.35. The molecule has 0 fully saturated rings. The van der Waals surface area contributed by atoms with Crippen LogP contribution >= 0.6 is 50.7 Å². The molecule has 124 valence electrons. The minimum atomic E-state index is 0.210. The maximum atomic E-state index is 6.09. The van der Waals surface area contributed by atoms with Crippen LogP contribution in [0.25, 0.3) is 0 Å². The first-order valence-electron chi connectivity index (χ1n) is 6.92. The molecule has 0 N–H and O–H groups in total. The van der Waals surface area contributed by atoms with Gasteiger partial charge in [0.2, 0.25) is 0 Å². The SMILES string of the molecule is Clc1cc(Cl)c(OCc2cn(Cc3ccc(Br)cc3)nn2)c(Cl)c1. The van der Waals surface area contributed by atoms with Gasteiger partial charge in [-0.15, -0.1) is 5.10 Å². The van der Waals surface area contributed by atoms with Gasteiger partial charge in [-0.3, -0.25) is 0 Å². The highest BCUT2D eigenvalue weighted by molar-refractivity contribution is 9.10. The lowest BCUT2D eigenvalue weighted by Crippen LogP contribution is -2.00. The number of hydrogen-bond acceptors (Lipinski definition) is 3. The number of halogens is 4. The van der Waals surface area contributed by atoms with Crippen molar-refractivity contribution in [1.29, 1.82) is 0 Å². The van der Waals surface area contributed by atoms with E-state index in [1.807, 2.05) is 30.5 Å². The van der Waals surface area contributed by atoms with E-state index in [2.05, 4.69) is 26.2 Å². The van der Waals surface area contributed by atoms with Gasteiger partial charge in [0.05, 0.1) is 22.8 Å².